The molecule has 1 heterocycles. The fourth-order valence-corrected chi connectivity index (χ4v) is 4.75. The summed E-state index contributed by atoms with van der Waals surface area (Å²) in [5, 5.41) is 0. The molecule has 3 heteroatoms. The summed E-state index contributed by atoms with van der Waals surface area (Å²) in [6.07, 6.45) is 7.21. The third-order valence-electron chi connectivity index (χ3n) is 5.55. The number of ether oxygens (including phenoxy) is 1. The van der Waals surface area contributed by atoms with Crippen molar-refractivity contribution in [1.29, 1.82) is 0 Å². The minimum Gasteiger partial charge on any atom is -0.458 e. The Morgan fingerprint density at radius 2 is 2.11 bits per heavy atom. The lowest BCUT2D eigenvalue weighted by Crippen LogP contribution is -2.45. The van der Waals surface area contributed by atoms with Gasteiger partial charge in [0.05, 0.1) is 5.92 Å². The molecule has 4 rings (SSSR count). The summed E-state index contributed by atoms with van der Waals surface area (Å²) in [6.45, 7) is 2.06. The van der Waals surface area contributed by atoms with Crippen molar-refractivity contribution in [3.63, 3.8) is 0 Å². The largest absolute Gasteiger partial charge is 0.458 e. The minimum absolute atomic E-state index is 0.00132. The Bertz CT molecular complexity index is 486. The molecule has 1 unspecified atom stereocenters. The quantitative estimate of drug-likeness (QED) is 0.616. The fourth-order valence-electron chi connectivity index (χ4n) is 4.75. The van der Waals surface area contributed by atoms with Crippen LogP contribution in [0.2, 0.25) is 0 Å². The minimum atomic E-state index is -0.348. The zero-order valence-corrected chi connectivity index (χ0v) is 10.7. The molecule has 1 aliphatic heterocycles. The average molecular weight is 246 g/mol. The number of Topliss-reactive ketones (excluding diaryl/α,β-unsaturated/α-hetero) is 1. The molecule has 0 N–H and O–H groups in total. The predicted molar refractivity (Wildman–Crippen MR) is 64.7 cm³/mol. The molecule has 1 spiro atoms. The molecule has 1 saturated heterocycles. The maximum Gasteiger partial charge on any atom is 0.309 e. The van der Waals surface area contributed by atoms with E-state index in [2.05, 4.69) is 13.0 Å². The van der Waals surface area contributed by atoms with Crippen LogP contribution in [0, 0.1) is 17.3 Å². The Labute approximate surface area is 107 Å². The molecule has 3 fully saturated rings. The maximum atomic E-state index is 12.3. The van der Waals surface area contributed by atoms with Gasteiger partial charge in [0.15, 0.2) is 5.78 Å². The number of ketones is 1. The highest BCUT2D eigenvalue weighted by molar-refractivity contribution is 5.98. The molecule has 0 amide bonds. The van der Waals surface area contributed by atoms with E-state index in [1.54, 1.807) is 0 Å². The lowest BCUT2D eigenvalue weighted by molar-refractivity contribution is -0.150. The SMILES string of the molecule is C[C@@]12CC=C3C(=O)CCC[C@@H](C(=O)O1)C2C31CC1. The molecule has 0 aromatic heterocycles. The highest BCUT2D eigenvalue weighted by Gasteiger charge is 2.68. The predicted octanol–water partition coefficient (Wildman–Crippen LogP) is 2.40. The zero-order chi connectivity index (χ0) is 12.5. The van der Waals surface area contributed by atoms with E-state index in [0.717, 1.165) is 37.7 Å². The van der Waals surface area contributed by atoms with E-state index in [1.165, 1.54) is 0 Å². The van der Waals surface area contributed by atoms with Gasteiger partial charge in [0.25, 0.3) is 0 Å². The monoisotopic (exact) mass is 246 g/mol. The Hall–Kier alpha value is -1.12. The number of hydrogen-bond acceptors (Lipinski definition) is 3. The van der Waals surface area contributed by atoms with E-state index >= 15 is 0 Å². The van der Waals surface area contributed by atoms with Crippen LogP contribution in [0.5, 0.6) is 0 Å². The second-order valence-corrected chi connectivity index (χ2v) is 6.61. The molecule has 0 aromatic rings. The van der Waals surface area contributed by atoms with E-state index in [0.29, 0.717) is 12.2 Å². The first-order valence-corrected chi connectivity index (χ1v) is 7.04. The summed E-state index contributed by atoms with van der Waals surface area (Å²) in [5.74, 6) is 0.598. The molecule has 3 aliphatic carbocycles. The number of carbonyl (C=O) groups excluding carboxylic acids is 2. The highest BCUT2D eigenvalue weighted by Crippen LogP contribution is 2.69. The number of carbonyl (C=O) groups is 2. The van der Waals surface area contributed by atoms with Gasteiger partial charge in [-0.3, -0.25) is 9.59 Å². The van der Waals surface area contributed by atoms with Crippen LogP contribution in [-0.4, -0.2) is 17.4 Å². The smallest absolute Gasteiger partial charge is 0.309 e. The second kappa shape index (κ2) is 3.06. The molecule has 18 heavy (non-hydrogen) atoms. The van der Waals surface area contributed by atoms with Crippen LogP contribution >= 0.6 is 0 Å². The van der Waals surface area contributed by atoms with Crippen molar-refractivity contribution < 1.29 is 14.3 Å². The first kappa shape index (κ1) is 10.8. The second-order valence-electron chi connectivity index (χ2n) is 6.61. The first-order chi connectivity index (χ1) is 8.57. The fraction of sp³-hybridized carbons (Fsp3) is 0.733. The number of allylic oxidation sites excluding steroid dienone is 1. The van der Waals surface area contributed by atoms with Crippen molar-refractivity contribution in [2.45, 2.75) is 51.0 Å². The number of rotatable bonds is 0. The molecule has 96 valence electrons. The first-order valence-electron chi connectivity index (χ1n) is 7.04. The van der Waals surface area contributed by atoms with Crippen LogP contribution in [0.4, 0.5) is 0 Å². The summed E-state index contributed by atoms with van der Waals surface area (Å²) < 4.78 is 5.71. The van der Waals surface area contributed by atoms with Crippen molar-refractivity contribution in [2.24, 2.45) is 17.3 Å². The van der Waals surface area contributed by atoms with Gasteiger partial charge < -0.3 is 4.74 Å². The van der Waals surface area contributed by atoms with Crippen molar-refractivity contribution in [2.75, 3.05) is 0 Å². The molecular weight excluding hydrogens is 228 g/mol. The van der Waals surface area contributed by atoms with Crippen LogP contribution in [0.3, 0.4) is 0 Å². The summed E-state index contributed by atoms with van der Waals surface area (Å²) in [7, 11) is 0. The summed E-state index contributed by atoms with van der Waals surface area (Å²) in [6, 6.07) is 0. The third-order valence-corrected chi connectivity index (χ3v) is 5.55. The van der Waals surface area contributed by atoms with Crippen LogP contribution in [-0.2, 0) is 14.3 Å². The Kier molecular flexibility index (Phi) is 1.83. The Morgan fingerprint density at radius 1 is 1.33 bits per heavy atom. The van der Waals surface area contributed by atoms with Crippen LogP contribution in [0.25, 0.3) is 0 Å². The van der Waals surface area contributed by atoms with Gasteiger partial charge in [-0.15, -0.1) is 0 Å². The van der Waals surface area contributed by atoms with Gasteiger partial charge in [-0.1, -0.05) is 6.08 Å². The van der Waals surface area contributed by atoms with Crippen LogP contribution in [0.1, 0.15) is 45.4 Å². The van der Waals surface area contributed by atoms with Crippen molar-refractivity contribution in [3.05, 3.63) is 11.6 Å². The molecule has 2 saturated carbocycles. The van der Waals surface area contributed by atoms with E-state index in [1.807, 2.05) is 0 Å². The molecule has 3 atom stereocenters. The van der Waals surface area contributed by atoms with Gasteiger partial charge in [0, 0.05) is 24.2 Å². The molecule has 4 aliphatic rings. The molecule has 2 bridgehead atoms. The van der Waals surface area contributed by atoms with Gasteiger partial charge in [-0.2, -0.15) is 0 Å². The van der Waals surface area contributed by atoms with Crippen LogP contribution < -0.4 is 0 Å². The molecule has 3 nitrogen and oxygen atoms in total. The van der Waals surface area contributed by atoms with E-state index < -0.39 is 0 Å². The van der Waals surface area contributed by atoms with Gasteiger partial charge in [0.2, 0.25) is 0 Å². The lowest BCUT2D eigenvalue weighted by Gasteiger charge is -2.42. The summed E-state index contributed by atoms with van der Waals surface area (Å²) >= 11 is 0. The topological polar surface area (TPSA) is 43.4 Å². The average Bonchev–Trinajstić information content (AvgIpc) is 3.01. The standard InChI is InChI=1S/C15H18O3/c1-14-6-5-10-11(16)4-2-3-9(13(17)18-14)12(14)15(10)7-8-15/h5,9,12H,2-4,6-8H2,1H3/t9-,12?,14+/m1/s1. The van der Waals surface area contributed by atoms with E-state index in [9.17, 15) is 9.59 Å². The third kappa shape index (κ3) is 1.11. The van der Waals surface area contributed by atoms with Crippen molar-refractivity contribution in [3.8, 4) is 0 Å². The van der Waals surface area contributed by atoms with Crippen LogP contribution in [0.15, 0.2) is 11.6 Å². The molecule has 0 aromatic carbocycles. The van der Waals surface area contributed by atoms with Gasteiger partial charge >= 0.3 is 5.97 Å². The maximum absolute atomic E-state index is 12.3. The molecule has 0 radical (unpaired) electrons. The van der Waals surface area contributed by atoms with Crippen molar-refractivity contribution in [1.82, 2.24) is 0 Å². The van der Waals surface area contributed by atoms with Gasteiger partial charge in [-0.05, 0) is 38.2 Å². The Morgan fingerprint density at radius 3 is 2.83 bits per heavy atom. The van der Waals surface area contributed by atoms with Gasteiger partial charge in [0.1, 0.15) is 5.60 Å². The Balaban J connectivity index is 1.90. The normalized spacial score (nSPS) is 44.2. The van der Waals surface area contributed by atoms with E-state index in [4.69, 9.17) is 4.74 Å². The van der Waals surface area contributed by atoms with Crippen molar-refractivity contribution >= 4 is 11.8 Å². The number of esters is 1. The summed E-state index contributed by atoms with van der Waals surface area (Å²) in [5.41, 5.74) is 0.689. The lowest BCUT2D eigenvalue weighted by atomic mass is 9.61. The molecular formula is C15H18O3. The van der Waals surface area contributed by atoms with Gasteiger partial charge in [-0.25, -0.2) is 0 Å². The highest BCUT2D eigenvalue weighted by atomic mass is 16.6. The summed E-state index contributed by atoms with van der Waals surface area (Å²) in [4.78, 5) is 24.4. The number of hydrogen-bond donors (Lipinski definition) is 0. The zero-order valence-electron chi connectivity index (χ0n) is 10.7. The van der Waals surface area contributed by atoms with E-state index in [-0.39, 0.29) is 28.8 Å².